The van der Waals surface area contributed by atoms with E-state index in [2.05, 4.69) is 11.3 Å². The van der Waals surface area contributed by atoms with Crippen LogP contribution in [0.4, 0.5) is 13.2 Å². The largest absolute Gasteiger partial charge is 0.471 e. The monoisotopic (exact) mass is 249 g/mol. The number of methoxy groups -OCH3 is 1. The van der Waals surface area contributed by atoms with Gasteiger partial charge in [-0.15, -0.1) is 13.0 Å². The number of carbonyl (C=O) groups excluding carboxylic acids is 2. The van der Waals surface area contributed by atoms with Gasteiger partial charge in [0, 0.05) is 0 Å². The molecule has 0 fully saturated rings. The fourth-order valence-electron chi connectivity index (χ4n) is 0.946. The highest BCUT2D eigenvalue weighted by molar-refractivity contribution is 5.88. The molecule has 0 rings (SSSR count). The second kappa shape index (κ2) is 5.94. The minimum Gasteiger partial charge on any atom is -0.467 e. The number of nitrogens with one attached hydrogen (secondary N) is 1. The van der Waals surface area contributed by atoms with Gasteiger partial charge in [0.05, 0.1) is 13.0 Å². The van der Waals surface area contributed by atoms with Crippen molar-refractivity contribution < 1.29 is 27.5 Å². The molecular weight excluding hydrogens is 239 g/mol. The number of halogens is 3. The third-order valence-corrected chi connectivity index (χ3v) is 1.80. The molecule has 0 aliphatic carbocycles. The van der Waals surface area contributed by atoms with Gasteiger partial charge in [-0.3, -0.25) is 4.79 Å². The molecule has 0 aliphatic heterocycles. The second-order valence-electron chi connectivity index (χ2n) is 2.90. The third-order valence-electron chi connectivity index (χ3n) is 1.80. The van der Waals surface area contributed by atoms with Crippen molar-refractivity contribution in [1.82, 2.24) is 5.32 Å². The van der Waals surface area contributed by atoms with E-state index in [1.54, 1.807) is 0 Å². The number of hydrogen-bond donors (Lipinski definition) is 1. The molecule has 1 N–H and O–H groups in total. The normalized spacial score (nSPS) is 14.1. The Hall–Kier alpha value is -1.97. The molecule has 0 bridgehead atoms. The van der Waals surface area contributed by atoms with Crippen molar-refractivity contribution in [2.24, 2.45) is 5.92 Å². The summed E-state index contributed by atoms with van der Waals surface area (Å²) in [4.78, 5) is 21.9. The summed E-state index contributed by atoms with van der Waals surface area (Å²) in [5.74, 6) is -2.41. The predicted molar refractivity (Wildman–Crippen MR) is 52.5 cm³/mol. The van der Waals surface area contributed by atoms with E-state index in [1.807, 2.05) is 5.92 Å². The minimum absolute atomic E-state index is 0.964. The molecule has 0 aromatic heterocycles. The Balaban J connectivity index is 4.98. The Morgan fingerprint density at radius 2 is 2.06 bits per heavy atom. The van der Waals surface area contributed by atoms with Gasteiger partial charge in [-0.05, 0) is 0 Å². The first-order chi connectivity index (χ1) is 7.77. The quantitative estimate of drug-likeness (QED) is 0.452. The second-order valence-corrected chi connectivity index (χ2v) is 2.90. The first-order valence-electron chi connectivity index (χ1n) is 4.32. The standard InChI is InChI=1S/C10H10F3NO3/c1-4-6(5-2)7(8(15)17-3)14-9(16)10(11,12)13/h1,5-7H,2H2,3H3,(H,14,16)/t6-,7+/m0/s1. The summed E-state index contributed by atoms with van der Waals surface area (Å²) in [5, 5.41) is 1.46. The van der Waals surface area contributed by atoms with Crippen LogP contribution < -0.4 is 5.32 Å². The van der Waals surface area contributed by atoms with E-state index in [-0.39, 0.29) is 0 Å². The smallest absolute Gasteiger partial charge is 0.467 e. The zero-order valence-electron chi connectivity index (χ0n) is 8.88. The summed E-state index contributed by atoms with van der Waals surface area (Å²) >= 11 is 0. The zero-order valence-corrected chi connectivity index (χ0v) is 8.88. The molecule has 0 radical (unpaired) electrons. The molecular formula is C10H10F3NO3. The first-order valence-corrected chi connectivity index (χ1v) is 4.32. The van der Waals surface area contributed by atoms with Crippen LogP contribution in [0.25, 0.3) is 0 Å². The van der Waals surface area contributed by atoms with E-state index >= 15 is 0 Å². The van der Waals surface area contributed by atoms with Gasteiger partial charge in [0.15, 0.2) is 0 Å². The molecule has 0 heterocycles. The van der Waals surface area contributed by atoms with Crippen LogP contribution in [0.3, 0.4) is 0 Å². The minimum atomic E-state index is -5.10. The molecule has 0 aromatic rings. The zero-order chi connectivity index (χ0) is 13.6. The van der Waals surface area contributed by atoms with Crippen molar-refractivity contribution in [2.75, 3.05) is 7.11 Å². The van der Waals surface area contributed by atoms with Gasteiger partial charge in [0.2, 0.25) is 0 Å². The van der Waals surface area contributed by atoms with Gasteiger partial charge in [0.25, 0.3) is 0 Å². The van der Waals surface area contributed by atoms with E-state index in [9.17, 15) is 22.8 Å². The van der Waals surface area contributed by atoms with Crippen molar-refractivity contribution in [2.45, 2.75) is 12.2 Å². The molecule has 0 saturated carbocycles. The van der Waals surface area contributed by atoms with E-state index in [0.717, 1.165) is 13.2 Å². The summed E-state index contributed by atoms with van der Waals surface area (Å²) in [6.45, 7) is 3.26. The van der Waals surface area contributed by atoms with E-state index in [0.29, 0.717) is 0 Å². The first kappa shape index (κ1) is 15.0. The van der Waals surface area contributed by atoms with Crippen molar-refractivity contribution in [3.63, 3.8) is 0 Å². The van der Waals surface area contributed by atoms with Crippen LogP contribution >= 0.6 is 0 Å². The van der Waals surface area contributed by atoms with Crippen LogP contribution in [0.1, 0.15) is 0 Å². The van der Waals surface area contributed by atoms with Crippen LogP contribution in [0.15, 0.2) is 12.7 Å². The fraction of sp³-hybridized carbons (Fsp3) is 0.400. The Morgan fingerprint density at radius 3 is 2.35 bits per heavy atom. The summed E-state index contributed by atoms with van der Waals surface area (Å²) in [5.41, 5.74) is 0. The number of rotatable bonds is 4. The topological polar surface area (TPSA) is 55.4 Å². The number of amides is 1. The number of esters is 1. The molecule has 0 unspecified atom stereocenters. The lowest BCUT2D eigenvalue weighted by molar-refractivity contribution is -0.176. The average molecular weight is 249 g/mol. The fourth-order valence-corrected chi connectivity index (χ4v) is 0.946. The highest BCUT2D eigenvalue weighted by atomic mass is 19.4. The molecule has 2 atom stereocenters. The van der Waals surface area contributed by atoms with E-state index < -0.39 is 30.0 Å². The van der Waals surface area contributed by atoms with Crippen molar-refractivity contribution >= 4 is 11.9 Å². The Morgan fingerprint density at radius 1 is 1.53 bits per heavy atom. The van der Waals surface area contributed by atoms with Crippen LogP contribution in [0.5, 0.6) is 0 Å². The van der Waals surface area contributed by atoms with Gasteiger partial charge in [-0.25, -0.2) is 4.79 Å². The number of alkyl halides is 3. The molecule has 17 heavy (non-hydrogen) atoms. The van der Waals surface area contributed by atoms with Crippen molar-refractivity contribution in [1.29, 1.82) is 0 Å². The lowest BCUT2D eigenvalue weighted by atomic mass is 10.0. The number of carbonyl (C=O) groups is 2. The predicted octanol–water partition coefficient (Wildman–Crippen LogP) is 0.642. The van der Waals surface area contributed by atoms with Crippen molar-refractivity contribution in [3.05, 3.63) is 12.7 Å². The third kappa shape index (κ3) is 4.18. The summed E-state index contributed by atoms with van der Waals surface area (Å²) in [7, 11) is 0.964. The van der Waals surface area contributed by atoms with Gasteiger partial charge < -0.3 is 10.1 Å². The molecule has 7 heteroatoms. The highest BCUT2D eigenvalue weighted by Crippen LogP contribution is 2.16. The molecule has 0 saturated heterocycles. The Kier molecular flexibility index (Phi) is 5.25. The van der Waals surface area contributed by atoms with Gasteiger partial charge in [-0.2, -0.15) is 13.2 Å². The van der Waals surface area contributed by atoms with Gasteiger partial charge in [0.1, 0.15) is 6.04 Å². The van der Waals surface area contributed by atoms with Crippen LogP contribution in [-0.4, -0.2) is 31.2 Å². The molecule has 0 aromatic carbocycles. The summed E-state index contributed by atoms with van der Waals surface area (Å²) in [6, 6.07) is -1.61. The SMILES string of the molecule is C#C[C@@H](C=C)[C@@H](NC(=O)C(F)(F)F)C(=O)OC. The highest BCUT2D eigenvalue weighted by Gasteiger charge is 2.42. The molecule has 94 valence electrons. The van der Waals surface area contributed by atoms with Crippen LogP contribution in [-0.2, 0) is 14.3 Å². The molecule has 0 aliphatic rings. The number of terminal acetylenes is 1. The summed E-state index contributed by atoms with van der Waals surface area (Å²) < 4.78 is 40.3. The Bertz CT molecular complexity index is 357. The maximum atomic E-state index is 12.0. The molecule has 4 nitrogen and oxygen atoms in total. The lowest BCUT2D eigenvalue weighted by Crippen LogP contribution is -2.50. The van der Waals surface area contributed by atoms with E-state index in [4.69, 9.17) is 6.42 Å². The summed E-state index contributed by atoms with van der Waals surface area (Å²) in [6.07, 6.45) is 0.963. The van der Waals surface area contributed by atoms with Gasteiger partial charge >= 0.3 is 18.1 Å². The van der Waals surface area contributed by atoms with E-state index in [1.165, 1.54) is 5.32 Å². The van der Waals surface area contributed by atoms with Crippen LogP contribution in [0, 0.1) is 18.3 Å². The van der Waals surface area contributed by atoms with Crippen LogP contribution in [0.2, 0.25) is 0 Å². The molecule has 1 amide bonds. The maximum absolute atomic E-state index is 12.0. The maximum Gasteiger partial charge on any atom is 0.471 e. The van der Waals surface area contributed by atoms with Gasteiger partial charge in [-0.1, -0.05) is 12.0 Å². The Labute approximate surface area is 95.8 Å². The average Bonchev–Trinajstić information content (AvgIpc) is 2.26. The molecule has 0 spiro atoms. The number of ether oxygens (including phenoxy) is 1. The van der Waals surface area contributed by atoms with Crippen molar-refractivity contribution in [3.8, 4) is 12.3 Å². The lowest BCUT2D eigenvalue weighted by Gasteiger charge is -2.20. The number of hydrogen-bond acceptors (Lipinski definition) is 3.